The summed E-state index contributed by atoms with van der Waals surface area (Å²) in [4.78, 5) is 10.3. The van der Waals surface area contributed by atoms with Gasteiger partial charge in [-0.3, -0.25) is 4.79 Å². The first-order valence-corrected chi connectivity index (χ1v) is 3.64. The van der Waals surface area contributed by atoms with Crippen LogP contribution >= 0.6 is 0 Å². The van der Waals surface area contributed by atoms with E-state index in [2.05, 4.69) is 0 Å². The summed E-state index contributed by atoms with van der Waals surface area (Å²) in [6.45, 7) is 0. The van der Waals surface area contributed by atoms with Crippen molar-refractivity contribution in [1.82, 2.24) is 0 Å². The van der Waals surface area contributed by atoms with Gasteiger partial charge in [0.25, 0.3) is 0 Å². The number of rotatable bonds is 1. The van der Waals surface area contributed by atoms with Gasteiger partial charge in [0, 0.05) is 0 Å². The molecule has 2 atom stereocenters. The second kappa shape index (κ2) is 3.15. The first-order valence-electron chi connectivity index (χ1n) is 3.64. The van der Waals surface area contributed by atoms with Gasteiger partial charge in [0.05, 0.1) is 0 Å². The second-order valence-electron chi connectivity index (χ2n) is 2.83. The van der Waals surface area contributed by atoms with Crippen LogP contribution in [0, 0.1) is 5.92 Å². The normalized spacial score (nSPS) is 38.5. The molecule has 0 aromatic rings. The van der Waals surface area contributed by atoms with E-state index in [4.69, 9.17) is 5.11 Å². The molecule has 1 N–H and O–H groups in total. The second-order valence-corrected chi connectivity index (χ2v) is 2.83. The zero-order valence-electron chi connectivity index (χ0n) is 5.96. The zero-order chi connectivity index (χ0) is 8.43. The van der Waals surface area contributed by atoms with Crippen molar-refractivity contribution in [3.05, 3.63) is 0 Å². The van der Waals surface area contributed by atoms with E-state index in [0.717, 1.165) is 0 Å². The molecule has 64 valence electrons. The maximum atomic E-state index is 12.7. The van der Waals surface area contributed by atoms with Crippen molar-refractivity contribution in [2.45, 2.75) is 31.6 Å². The Balaban J connectivity index is 2.62. The van der Waals surface area contributed by atoms with E-state index in [0.29, 0.717) is 6.42 Å². The van der Waals surface area contributed by atoms with Crippen LogP contribution in [0.15, 0.2) is 0 Å². The van der Waals surface area contributed by atoms with Gasteiger partial charge in [-0.25, -0.2) is 8.78 Å². The fraction of sp³-hybridized carbons (Fsp3) is 0.857. The van der Waals surface area contributed by atoms with Crippen LogP contribution in [0.25, 0.3) is 0 Å². The quantitative estimate of drug-likeness (QED) is 0.638. The number of carboxylic acids is 1. The average molecular weight is 164 g/mol. The Labute approximate surface area is 63.2 Å². The molecule has 11 heavy (non-hydrogen) atoms. The number of hydrogen-bond donors (Lipinski definition) is 1. The third-order valence-electron chi connectivity index (χ3n) is 2.02. The summed E-state index contributed by atoms with van der Waals surface area (Å²) in [5.41, 5.74) is 0. The summed E-state index contributed by atoms with van der Waals surface area (Å²) in [6, 6.07) is 0. The van der Waals surface area contributed by atoms with Crippen molar-refractivity contribution in [3.8, 4) is 0 Å². The van der Waals surface area contributed by atoms with Crippen LogP contribution in [0.5, 0.6) is 0 Å². The van der Waals surface area contributed by atoms with Crippen LogP contribution in [-0.4, -0.2) is 23.4 Å². The van der Waals surface area contributed by atoms with Gasteiger partial charge in [-0.1, -0.05) is 0 Å². The molecule has 0 amide bonds. The van der Waals surface area contributed by atoms with E-state index >= 15 is 0 Å². The standard InChI is InChI=1S/C7H10F2O2/c8-4-2-1-3-5(9)6(4)7(10)11/h4-6H,1-3H2,(H,10,11). The molecule has 0 bridgehead atoms. The minimum atomic E-state index is -1.50. The molecule has 1 aliphatic carbocycles. The molecule has 1 saturated carbocycles. The van der Waals surface area contributed by atoms with Crippen molar-refractivity contribution in [3.63, 3.8) is 0 Å². The van der Waals surface area contributed by atoms with Crippen molar-refractivity contribution in [1.29, 1.82) is 0 Å². The highest BCUT2D eigenvalue weighted by atomic mass is 19.1. The van der Waals surface area contributed by atoms with Gasteiger partial charge in [-0.2, -0.15) is 0 Å². The van der Waals surface area contributed by atoms with Gasteiger partial charge in [0.1, 0.15) is 18.3 Å². The monoisotopic (exact) mass is 164 g/mol. The van der Waals surface area contributed by atoms with Gasteiger partial charge in [0.2, 0.25) is 0 Å². The largest absolute Gasteiger partial charge is 0.481 e. The van der Waals surface area contributed by atoms with Crippen LogP contribution < -0.4 is 0 Å². The third kappa shape index (κ3) is 1.67. The molecule has 2 nitrogen and oxygen atoms in total. The Hall–Kier alpha value is -0.670. The van der Waals surface area contributed by atoms with Crippen LogP contribution in [0.2, 0.25) is 0 Å². The fourth-order valence-corrected chi connectivity index (χ4v) is 1.40. The van der Waals surface area contributed by atoms with E-state index in [1.165, 1.54) is 0 Å². The Morgan fingerprint density at radius 3 is 2.00 bits per heavy atom. The fourth-order valence-electron chi connectivity index (χ4n) is 1.40. The number of hydrogen-bond acceptors (Lipinski definition) is 1. The lowest BCUT2D eigenvalue weighted by molar-refractivity contribution is -0.148. The van der Waals surface area contributed by atoms with Crippen LogP contribution in [0.4, 0.5) is 8.78 Å². The minimum absolute atomic E-state index is 0.178. The lowest BCUT2D eigenvalue weighted by Crippen LogP contribution is -2.36. The van der Waals surface area contributed by atoms with E-state index in [1.807, 2.05) is 0 Å². The minimum Gasteiger partial charge on any atom is -0.481 e. The Morgan fingerprint density at radius 1 is 1.27 bits per heavy atom. The molecule has 1 fully saturated rings. The first-order chi connectivity index (χ1) is 5.13. The van der Waals surface area contributed by atoms with Crippen molar-refractivity contribution in [2.75, 3.05) is 0 Å². The predicted octanol–water partition coefficient (Wildman–Crippen LogP) is 1.55. The number of carboxylic acid groups (broad SMARTS) is 1. The highest BCUT2D eigenvalue weighted by Gasteiger charge is 2.38. The van der Waals surface area contributed by atoms with Crippen molar-refractivity contribution >= 4 is 5.97 Å². The van der Waals surface area contributed by atoms with Gasteiger partial charge < -0.3 is 5.11 Å². The van der Waals surface area contributed by atoms with Crippen molar-refractivity contribution < 1.29 is 18.7 Å². The number of carbonyl (C=O) groups is 1. The smallest absolute Gasteiger partial charge is 0.312 e. The average Bonchev–Trinajstić information content (AvgIpc) is 1.85. The molecule has 0 radical (unpaired) electrons. The number of aliphatic carboxylic acids is 1. The summed E-state index contributed by atoms with van der Waals surface area (Å²) < 4.78 is 25.5. The molecular formula is C7H10F2O2. The predicted molar refractivity (Wildman–Crippen MR) is 34.8 cm³/mol. The summed E-state index contributed by atoms with van der Waals surface area (Å²) in [5, 5.41) is 8.40. The molecular weight excluding hydrogens is 154 g/mol. The summed E-state index contributed by atoms with van der Waals surface area (Å²) in [7, 11) is 0. The molecule has 0 aromatic heterocycles. The van der Waals surface area contributed by atoms with Gasteiger partial charge in [-0.15, -0.1) is 0 Å². The molecule has 4 heteroatoms. The van der Waals surface area contributed by atoms with E-state index in [1.54, 1.807) is 0 Å². The van der Waals surface area contributed by atoms with Gasteiger partial charge in [0.15, 0.2) is 0 Å². The Bertz CT molecular complexity index is 151. The number of halogens is 2. The molecule has 1 rings (SSSR count). The molecule has 0 saturated heterocycles. The summed E-state index contributed by atoms with van der Waals surface area (Å²) in [6.07, 6.45) is -2.20. The van der Waals surface area contributed by atoms with Gasteiger partial charge >= 0.3 is 5.97 Å². The lowest BCUT2D eigenvalue weighted by Gasteiger charge is -2.25. The maximum absolute atomic E-state index is 12.7. The highest BCUT2D eigenvalue weighted by molar-refractivity contribution is 5.71. The van der Waals surface area contributed by atoms with E-state index < -0.39 is 24.2 Å². The molecule has 0 aromatic carbocycles. The third-order valence-corrected chi connectivity index (χ3v) is 2.02. The summed E-state index contributed by atoms with van der Waals surface area (Å²) >= 11 is 0. The molecule has 1 aliphatic rings. The first kappa shape index (κ1) is 8.43. The molecule has 0 heterocycles. The lowest BCUT2D eigenvalue weighted by atomic mass is 9.86. The van der Waals surface area contributed by atoms with E-state index in [9.17, 15) is 13.6 Å². The Kier molecular flexibility index (Phi) is 2.42. The molecule has 0 spiro atoms. The number of alkyl halides is 2. The SMILES string of the molecule is O=C(O)C1C(F)CCCC1F. The highest BCUT2D eigenvalue weighted by Crippen LogP contribution is 2.29. The maximum Gasteiger partial charge on any atom is 0.312 e. The van der Waals surface area contributed by atoms with Gasteiger partial charge in [-0.05, 0) is 19.3 Å². The van der Waals surface area contributed by atoms with Crippen LogP contribution in [0.3, 0.4) is 0 Å². The topological polar surface area (TPSA) is 37.3 Å². The molecule has 0 aliphatic heterocycles. The molecule has 2 unspecified atom stereocenters. The Morgan fingerprint density at radius 2 is 1.73 bits per heavy atom. The van der Waals surface area contributed by atoms with Crippen molar-refractivity contribution in [2.24, 2.45) is 5.92 Å². The summed E-state index contributed by atoms with van der Waals surface area (Å²) in [5.74, 6) is -2.78. The zero-order valence-corrected chi connectivity index (χ0v) is 5.96. The van der Waals surface area contributed by atoms with E-state index in [-0.39, 0.29) is 12.8 Å². The van der Waals surface area contributed by atoms with Crippen LogP contribution in [-0.2, 0) is 4.79 Å². The van der Waals surface area contributed by atoms with Crippen LogP contribution in [0.1, 0.15) is 19.3 Å².